The minimum absolute atomic E-state index is 0.328. The first-order chi connectivity index (χ1) is 26.4. The molecular formula is C48H92O6. The quantitative estimate of drug-likeness (QED) is 0.0532. The highest BCUT2D eigenvalue weighted by atomic mass is 16.4. The summed E-state index contributed by atoms with van der Waals surface area (Å²) >= 11 is 0. The van der Waals surface area contributed by atoms with Gasteiger partial charge >= 0.3 is 17.9 Å². The molecule has 0 aromatic carbocycles. The molecule has 0 fully saturated rings. The summed E-state index contributed by atoms with van der Waals surface area (Å²) in [6, 6.07) is 0. The van der Waals surface area contributed by atoms with E-state index >= 15 is 0 Å². The highest BCUT2D eigenvalue weighted by molar-refractivity contribution is 5.67. The number of carbonyl (C=O) groups is 3. The lowest BCUT2D eigenvalue weighted by Gasteiger charge is -2.17. The van der Waals surface area contributed by atoms with E-state index in [9.17, 15) is 14.4 Å². The van der Waals surface area contributed by atoms with E-state index in [1.165, 1.54) is 225 Å². The summed E-state index contributed by atoms with van der Waals surface area (Å²) < 4.78 is 0. The van der Waals surface area contributed by atoms with Crippen molar-refractivity contribution in [3.8, 4) is 0 Å². The molecule has 0 spiro atoms. The van der Waals surface area contributed by atoms with E-state index in [2.05, 4.69) is 0 Å². The van der Waals surface area contributed by atoms with Crippen molar-refractivity contribution in [2.24, 2.45) is 5.92 Å². The van der Waals surface area contributed by atoms with E-state index in [0.717, 1.165) is 44.4 Å². The first-order valence-corrected chi connectivity index (χ1v) is 24.1. The number of carboxylic acid groups (broad SMARTS) is 3. The fourth-order valence-corrected chi connectivity index (χ4v) is 8.22. The van der Waals surface area contributed by atoms with E-state index in [1.54, 1.807) is 0 Å². The van der Waals surface area contributed by atoms with Crippen molar-refractivity contribution < 1.29 is 29.7 Å². The van der Waals surface area contributed by atoms with Gasteiger partial charge in [-0.05, 0) is 25.2 Å². The average molecular weight is 765 g/mol. The highest BCUT2D eigenvalue weighted by Crippen LogP contribution is 2.25. The molecule has 320 valence electrons. The molecule has 0 aliphatic carbocycles. The van der Waals surface area contributed by atoms with Crippen LogP contribution in [0.25, 0.3) is 0 Å². The van der Waals surface area contributed by atoms with Crippen LogP contribution in [0.15, 0.2) is 0 Å². The van der Waals surface area contributed by atoms with Crippen molar-refractivity contribution >= 4 is 17.9 Å². The second-order valence-corrected chi connectivity index (χ2v) is 17.1. The first kappa shape index (κ1) is 52.4. The fraction of sp³-hybridized carbons (Fsp3) is 0.938. The maximum absolute atomic E-state index is 10.6. The van der Waals surface area contributed by atoms with Crippen LogP contribution in [0, 0.1) is 5.92 Å². The summed E-state index contributed by atoms with van der Waals surface area (Å²) in [7, 11) is 0. The summed E-state index contributed by atoms with van der Waals surface area (Å²) in [6.07, 6.45) is 54.4. The monoisotopic (exact) mass is 765 g/mol. The maximum Gasteiger partial charge on any atom is 0.303 e. The minimum Gasteiger partial charge on any atom is -0.481 e. The molecule has 0 aliphatic heterocycles. The minimum atomic E-state index is -0.660. The standard InChI is InChI=1S/C48H92O6/c49-46(50)42-36-30-24-18-12-5-1-3-9-15-21-27-33-39-45(41-35-29-23-17-11-7-8-14-20-26-32-38-44-48(53)54)40-34-28-22-16-10-4-2-6-13-19-25-31-37-43-47(51)52/h45H,1-44H2,(H,49,50)(H,51,52)(H,53,54). The zero-order chi connectivity index (χ0) is 39.4. The molecule has 0 bridgehead atoms. The van der Waals surface area contributed by atoms with Crippen LogP contribution in [-0.2, 0) is 14.4 Å². The third-order valence-electron chi connectivity index (χ3n) is 11.8. The third kappa shape index (κ3) is 46.6. The lowest BCUT2D eigenvalue weighted by molar-refractivity contribution is -0.138. The van der Waals surface area contributed by atoms with E-state index in [4.69, 9.17) is 15.3 Å². The van der Waals surface area contributed by atoms with Crippen molar-refractivity contribution in [2.75, 3.05) is 0 Å². The molecule has 0 aromatic rings. The Labute approximate surface area is 335 Å². The van der Waals surface area contributed by atoms with Crippen LogP contribution in [-0.4, -0.2) is 33.2 Å². The molecule has 0 aliphatic rings. The predicted molar refractivity (Wildman–Crippen MR) is 230 cm³/mol. The molecule has 0 saturated heterocycles. The molecule has 0 aromatic heterocycles. The van der Waals surface area contributed by atoms with Gasteiger partial charge in [0.25, 0.3) is 0 Å². The maximum atomic E-state index is 10.6. The third-order valence-corrected chi connectivity index (χ3v) is 11.8. The van der Waals surface area contributed by atoms with Crippen LogP contribution in [0.1, 0.15) is 283 Å². The molecule has 6 nitrogen and oxygen atoms in total. The summed E-state index contributed by atoms with van der Waals surface area (Å²) in [5, 5.41) is 26.2. The second kappa shape index (κ2) is 44.1. The van der Waals surface area contributed by atoms with E-state index in [-0.39, 0.29) is 0 Å². The number of hydrogen-bond donors (Lipinski definition) is 3. The topological polar surface area (TPSA) is 112 Å². The summed E-state index contributed by atoms with van der Waals surface area (Å²) in [6.45, 7) is 0. The molecule has 0 radical (unpaired) electrons. The molecule has 0 amide bonds. The lowest BCUT2D eigenvalue weighted by Crippen LogP contribution is -2.01. The van der Waals surface area contributed by atoms with Crippen molar-refractivity contribution in [1.82, 2.24) is 0 Å². The van der Waals surface area contributed by atoms with Crippen molar-refractivity contribution in [3.05, 3.63) is 0 Å². The molecule has 0 atom stereocenters. The number of hydrogen-bond acceptors (Lipinski definition) is 3. The van der Waals surface area contributed by atoms with Crippen LogP contribution in [0.5, 0.6) is 0 Å². The van der Waals surface area contributed by atoms with Gasteiger partial charge in [0.2, 0.25) is 0 Å². The van der Waals surface area contributed by atoms with Gasteiger partial charge in [0.05, 0.1) is 0 Å². The summed E-state index contributed by atoms with van der Waals surface area (Å²) in [4.78, 5) is 31.8. The average Bonchev–Trinajstić information content (AvgIpc) is 3.14. The summed E-state index contributed by atoms with van der Waals surface area (Å²) in [5.41, 5.74) is 0. The van der Waals surface area contributed by atoms with Gasteiger partial charge in [0, 0.05) is 19.3 Å². The van der Waals surface area contributed by atoms with Gasteiger partial charge < -0.3 is 15.3 Å². The first-order valence-electron chi connectivity index (χ1n) is 24.1. The van der Waals surface area contributed by atoms with Gasteiger partial charge in [-0.1, -0.05) is 244 Å². The largest absolute Gasteiger partial charge is 0.481 e. The van der Waals surface area contributed by atoms with E-state index in [0.29, 0.717) is 19.3 Å². The second-order valence-electron chi connectivity index (χ2n) is 17.1. The SMILES string of the molecule is O=C(O)CCCCCCCCCCCCCCCC(CCCCCCCCCCCCCCCC(=O)O)CCCCCCCCCCCCCCC(=O)O. The Kier molecular flexibility index (Phi) is 42.8. The van der Waals surface area contributed by atoms with Crippen molar-refractivity contribution in [1.29, 1.82) is 0 Å². The molecule has 0 unspecified atom stereocenters. The van der Waals surface area contributed by atoms with Gasteiger partial charge in [-0.3, -0.25) is 14.4 Å². The highest BCUT2D eigenvalue weighted by Gasteiger charge is 2.09. The normalized spacial score (nSPS) is 11.5. The Hall–Kier alpha value is -1.59. The van der Waals surface area contributed by atoms with Gasteiger partial charge in [-0.25, -0.2) is 0 Å². The van der Waals surface area contributed by atoms with Crippen LogP contribution < -0.4 is 0 Å². The predicted octanol–water partition coefficient (Wildman–Crippen LogP) is 16.0. The zero-order valence-corrected chi connectivity index (χ0v) is 35.8. The van der Waals surface area contributed by atoms with Gasteiger partial charge in [-0.2, -0.15) is 0 Å². The van der Waals surface area contributed by atoms with Crippen LogP contribution in [0.4, 0.5) is 0 Å². The molecule has 0 rings (SSSR count). The van der Waals surface area contributed by atoms with Crippen LogP contribution >= 0.6 is 0 Å². The lowest BCUT2D eigenvalue weighted by atomic mass is 9.89. The number of aliphatic carboxylic acids is 3. The fourth-order valence-electron chi connectivity index (χ4n) is 8.22. The van der Waals surface area contributed by atoms with Crippen LogP contribution in [0.2, 0.25) is 0 Å². The van der Waals surface area contributed by atoms with Gasteiger partial charge in [0.1, 0.15) is 0 Å². The van der Waals surface area contributed by atoms with E-state index < -0.39 is 17.9 Å². The Morgan fingerprint density at radius 3 is 0.500 bits per heavy atom. The molecule has 6 heteroatoms. The molecule has 0 heterocycles. The molecule has 3 N–H and O–H groups in total. The van der Waals surface area contributed by atoms with Crippen molar-refractivity contribution in [3.63, 3.8) is 0 Å². The molecule has 54 heavy (non-hydrogen) atoms. The summed E-state index contributed by atoms with van der Waals surface area (Å²) in [5.74, 6) is -1.04. The van der Waals surface area contributed by atoms with Crippen molar-refractivity contribution in [2.45, 2.75) is 283 Å². The Morgan fingerprint density at radius 2 is 0.352 bits per heavy atom. The smallest absolute Gasteiger partial charge is 0.303 e. The van der Waals surface area contributed by atoms with Crippen LogP contribution in [0.3, 0.4) is 0 Å². The van der Waals surface area contributed by atoms with Gasteiger partial charge in [0.15, 0.2) is 0 Å². The van der Waals surface area contributed by atoms with E-state index in [1.807, 2.05) is 0 Å². The van der Waals surface area contributed by atoms with Gasteiger partial charge in [-0.15, -0.1) is 0 Å². The molecule has 0 saturated carbocycles. The zero-order valence-electron chi connectivity index (χ0n) is 35.8. The number of rotatable bonds is 47. The number of carboxylic acids is 3. The Morgan fingerprint density at radius 1 is 0.222 bits per heavy atom. The number of unbranched alkanes of at least 4 members (excludes halogenated alkanes) is 35. The Bertz CT molecular complexity index is 754. The Balaban J connectivity index is 3.98. The molecular weight excluding hydrogens is 673 g/mol.